The summed E-state index contributed by atoms with van der Waals surface area (Å²) in [5, 5.41) is 13.3. The second kappa shape index (κ2) is 6.56. The van der Waals surface area contributed by atoms with Crippen LogP contribution in [0.25, 0.3) is 0 Å². The maximum absolute atomic E-state index is 12.3. The molecule has 1 aromatic rings. The van der Waals surface area contributed by atoms with Crippen LogP contribution in [0.2, 0.25) is 0 Å². The molecule has 1 aliphatic heterocycles. The van der Waals surface area contributed by atoms with Crippen molar-refractivity contribution < 1.29 is 19.4 Å². The van der Waals surface area contributed by atoms with E-state index < -0.39 is 24.0 Å². The number of amides is 1. The summed E-state index contributed by atoms with van der Waals surface area (Å²) >= 11 is 0. The largest absolute Gasteiger partial charge is 0.388 e. The fourth-order valence-electron chi connectivity index (χ4n) is 2.68. The second-order valence-corrected chi connectivity index (χ2v) is 5.61. The van der Waals surface area contributed by atoms with E-state index >= 15 is 0 Å². The molecule has 1 amide bonds. The van der Waals surface area contributed by atoms with Gasteiger partial charge in [-0.3, -0.25) is 4.79 Å². The SMILES string of the molecule is CCO[C@H]1C[C@](C)(NC(=O)c2ccccc2)[C@H](O)[C@H](C)O1. The lowest BCUT2D eigenvalue weighted by Gasteiger charge is -2.45. The lowest BCUT2D eigenvalue weighted by molar-refractivity contribution is -0.238. The molecule has 116 valence electrons. The Kier molecular flexibility index (Phi) is 4.98. The van der Waals surface area contributed by atoms with E-state index in [1.165, 1.54) is 0 Å². The average molecular weight is 293 g/mol. The van der Waals surface area contributed by atoms with Gasteiger partial charge in [-0.15, -0.1) is 0 Å². The maximum atomic E-state index is 12.3. The number of hydrogen-bond acceptors (Lipinski definition) is 4. The Morgan fingerprint density at radius 1 is 1.48 bits per heavy atom. The van der Waals surface area contributed by atoms with Crippen LogP contribution in [0.4, 0.5) is 0 Å². The van der Waals surface area contributed by atoms with Crippen molar-refractivity contribution in [2.24, 2.45) is 0 Å². The standard InChI is InChI=1S/C16H23NO4/c1-4-20-13-10-16(3,14(18)11(2)21-13)17-15(19)12-8-6-5-7-9-12/h5-9,11,13-14,18H,4,10H2,1-3H3,(H,17,19)/t11-,13+,14+,16-/m0/s1. The predicted molar refractivity (Wildman–Crippen MR) is 78.9 cm³/mol. The molecule has 1 saturated heterocycles. The molecule has 1 heterocycles. The molecule has 5 heteroatoms. The fourth-order valence-corrected chi connectivity index (χ4v) is 2.68. The van der Waals surface area contributed by atoms with Gasteiger partial charge in [0, 0.05) is 18.6 Å². The number of hydrogen-bond donors (Lipinski definition) is 2. The smallest absolute Gasteiger partial charge is 0.251 e. The van der Waals surface area contributed by atoms with Crippen molar-refractivity contribution in [3.63, 3.8) is 0 Å². The number of aliphatic hydroxyl groups excluding tert-OH is 1. The first kappa shape index (κ1) is 15.9. The van der Waals surface area contributed by atoms with Crippen LogP contribution in [0, 0.1) is 0 Å². The summed E-state index contributed by atoms with van der Waals surface area (Å²) in [7, 11) is 0. The summed E-state index contributed by atoms with van der Waals surface area (Å²) < 4.78 is 11.1. The summed E-state index contributed by atoms with van der Waals surface area (Å²) in [5.41, 5.74) is -0.220. The zero-order valence-corrected chi connectivity index (χ0v) is 12.7. The van der Waals surface area contributed by atoms with E-state index in [0.29, 0.717) is 18.6 Å². The quantitative estimate of drug-likeness (QED) is 0.887. The van der Waals surface area contributed by atoms with Gasteiger partial charge in [0.05, 0.1) is 11.6 Å². The van der Waals surface area contributed by atoms with Crippen molar-refractivity contribution in [3.05, 3.63) is 35.9 Å². The molecule has 4 atom stereocenters. The molecule has 1 aromatic carbocycles. The summed E-state index contributed by atoms with van der Waals surface area (Å²) in [6.07, 6.45) is -1.21. The summed E-state index contributed by atoms with van der Waals surface area (Å²) in [6.45, 7) is 6.02. The zero-order chi connectivity index (χ0) is 15.5. The van der Waals surface area contributed by atoms with Crippen LogP contribution in [0.5, 0.6) is 0 Å². The van der Waals surface area contributed by atoms with Gasteiger partial charge >= 0.3 is 0 Å². The summed E-state index contributed by atoms with van der Waals surface area (Å²) in [4.78, 5) is 12.3. The molecule has 0 aliphatic carbocycles. The van der Waals surface area contributed by atoms with Crippen LogP contribution in [0.15, 0.2) is 30.3 Å². The molecular formula is C16H23NO4. The number of carbonyl (C=O) groups is 1. The Hall–Kier alpha value is -1.43. The van der Waals surface area contributed by atoms with E-state index in [1.54, 1.807) is 19.1 Å². The topological polar surface area (TPSA) is 67.8 Å². The minimum Gasteiger partial charge on any atom is -0.388 e. The third kappa shape index (κ3) is 3.61. The van der Waals surface area contributed by atoms with E-state index in [0.717, 1.165) is 0 Å². The molecular weight excluding hydrogens is 270 g/mol. The first-order valence-electron chi connectivity index (χ1n) is 7.29. The van der Waals surface area contributed by atoms with Crippen molar-refractivity contribution in [2.45, 2.75) is 51.2 Å². The van der Waals surface area contributed by atoms with Gasteiger partial charge < -0.3 is 19.9 Å². The Labute approximate surface area is 125 Å². The molecule has 0 aromatic heterocycles. The molecule has 1 fully saturated rings. The van der Waals surface area contributed by atoms with Gasteiger partial charge in [-0.25, -0.2) is 0 Å². The number of nitrogens with one attached hydrogen (secondary N) is 1. The third-order valence-corrected chi connectivity index (χ3v) is 3.84. The molecule has 0 saturated carbocycles. The highest BCUT2D eigenvalue weighted by Crippen LogP contribution is 2.30. The van der Waals surface area contributed by atoms with Crippen LogP contribution in [-0.4, -0.2) is 41.7 Å². The summed E-state index contributed by atoms with van der Waals surface area (Å²) in [6, 6.07) is 8.96. The van der Waals surface area contributed by atoms with Gasteiger partial charge in [0.2, 0.25) is 0 Å². The number of aliphatic hydroxyl groups is 1. The van der Waals surface area contributed by atoms with Gasteiger partial charge in [-0.1, -0.05) is 18.2 Å². The molecule has 2 rings (SSSR count). The summed E-state index contributed by atoms with van der Waals surface area (Å²) in [5.74, 6) is -0.207. The Balaban J connectivity index is 2.13. The molecule has 2 N–H and O–H groups in total. The van der Waals surface area contributed by atoms with E-state index in [9.17, 15) is 9.90 Å². The Morgan fingerprint density at radius 3 is 2.76 bits per heavy atom. The van der Waals surface area contributed by atoms with Gasteiger partial charge in [0.1, 0.15) is 6.10 Å². The number of ether oxygens (including phenoxy) is 2. The van der Waals surface area contributed by atoms with Gasteiger partial charge in [-0.2, -0.15) is 0 Å². The van der Waals surface area contributed by atoms with Crippen molar-refractivity contribution >= 4 is 5.91 Å². The highest BCUT2D eigenvalue weighted by Gasteiger charge is 2.45. The van der Waals surface area contributed by atoms with Crippen molar-refractivity contribution in [2.75, 3.05) is 6.61 Å². The Morgan fingerprint density at radius 2 is 2.14 bits per heavy atom. The van der Waals surface area contributed by atoms with Crippen LogP contribution >= 0.6 is 0 Å². The van der Waals surface area contributed by atoms with E-state index in [2.05, 4.69) is 5.32 Å². The first-order valence-corrected chi connectivity index (χ1v) is 7.29. The molecule has 0 unspecified atom stereocenters. The Bertz CT molecular complexity index is 478. The average Bonchev–Trinajstić information content (AvgIpc) is 2.46. The van der Waals surface area contributed by atoms with Crippen LogP contribution < -0.4 is 5.32 Å². The second-order valence-electron chi connectivity index (χ2n) is 5.61. The molecule has 0 spiro atoms. The van der Waals surface area contributed by atoms with Crippen molar-refractivity contribution in [1.29, 1.82) is 0 Å². The number of carbonyl (C=O) groups excluding carboxylic acids is 1. The normalized spacial score (nSPS) is 32.7. The fraction of sp³-hybridized carbons (Fsp3) is 0.562. The highest BCUT2D eigenvalue weighted by atomic mass is 16.7. The highest BCUT2D eigenvalue weighted by molar-refractivity contribution is 5.94. The molecule has 21 heavy (non-hydrogen) atoms. The van der Waals surface area contributed by atoms with Crippen LogP contribution in [0.3, 0.4) is 0 Å². The molecule has 0 bridgehead atoms. The van der Waals surface area contributed by atoms with Crippen LogP contribution in [-0.2, 0) is 9.47 Å². The molecule has 5 nitrogen and oxygen atoms in total. The van der Waals surface area contributed by atoms with Gasteiger partial charge in [-0.05, 0) is 32.9 Å². The lowest BCUT2D eigenvalue weighted by Crippen LogP contribution is -2.63. The molecule has 1 aliphatic rings. The number of benzene rings is 1. The van der Waals surface area contributed by atoms with E-state index in [4.69, 9.17) is 9.47 Å². The van der Waals surface area contributed by atoms with E-state index in [-0.39, 0.29) is 5.91 Å². The maximum Gasteiger partial charge on any atom is 0.251 e. The van der Waals surface area contributed by atoms with Crippen molar-refractivity contribution in [3.8, 4) is 0 Å². The monoisotopic (exact) mass is 293 g/mol. The van der Waals surface area contributed by atoms with Gasteiger partial charge in [0.15, 0.2) is 6.29 Å². The minimum atomic E-state index is -0.790. The minimum absolute atomic E-state index is 0.207. The van der Waals surface area contributed by atoms with Gasteiger partial charge in [0.25, 0.3) is 5.91 Å². The number of rotatable bonds is 4. The van der Waals surface area contributed by atoms with Crippen molar-refractivity contribution in [1.82, 2.24) is 5.32 Å². The zero-order valence-electron chi connectivity index (χ0n) is 12.7. The lowest BCUT2D eigenvalue weighted by atomic mass is 9.84. The van der Waals surface area contributed by atoms with E-state index in [1.807, 2.05) is 32.0 Å². The van der Waals surface area contributed by atoms with Crippen LogP contribution in [0.1, 0.15) is 37.6 Å². The predicted octanol–water partition coefficient (Wildman–Crippen LogP) is 1.71. The molecule has 0 radical (unpaired) electrons. The first-order chi connectivity index (χ1) is 9.96. The third-order valence-electron chi connectivity index (χ3n) is 3.84.